The standard InChI is InChI=1S/C28H29ClFN3O2/c1-21-5-2-3-8-26(21)28(35)32-16-13-31(14-17-32)15-18-33(20-22-9-11-25(30)12-10-22)27(34)23-6-4-7-24(29)19-23/h2-12,19H,13-18,20H2,1H3. The fourth-order valence-electron chi connectivity index (χ4n) is 4.29. The van der Waals surface area contributed by atoms with Crippen LogP contribution in [-0.2, 0) is 6.54 Å². The molecule has 0 bridgehead atoms. The predicted molar refractivity (Wildman–Crippen MR) is 136 cm³/mol. The first-order valence-electron chi connectivity index (χ1n) is 11.8. The first-order valence-corrected chi connectivity index (χ1v) is 12.1. The van der Waals surface area contributed by atoms with Gasteiger partial charge in [0.2, 0.25) is 0 Å². The lowest BCUT2D eigenvalue weighted by molar-refractivity contribution is 0.0598. The fourth-order valence-corrected chi connectivity index (χ4v) is 4.48. The summed E-state index contributed by atoms with van der Waals surface area (Å²) in [5.41, 5.74) is 3.11. The Morgan fingerprint density at radius 2 is 1.66 bits per heavy atom. The summed E-state index contributed by atoms with van der Waals surface area (Å²) in [6.45, 7) is 6.29. The zero-order valence-corrected chi connectivity index (χ0v) is 20.5. The van der Waals surface area contributed by atoms with Gasteiger partial charge in [-0.25, -0.2) is 4.39 Å². The van der Waals surface area contributed by atoms with Crippen molar-refractivity contribution in [2.45, 2.75) is 13.5 Å². The maximum absolute atomic E-state index is 13.4. The van der Waals surface area contributed by atoms with Gasteiger partial charge in [-0.05, 0) is 54.4 Å². The van der Waals surface area contributed by atoms with Crippen LogP contribution in [-0.4, -0.2) is 65.8 Å². The number of aryl methyl sites for hydroxylation is 1. The number of rotatable bonds is 7. The number of amides is 2. The second kappa shape index (κ2) is 11.5. The van der Waals surface area contributed by atoms with E-state index >= 15 is 0 Å². The highest BCUT2D eigenvalue weighted by Gasteiger charge is 2.24. The molecule has 35 heavy (non-hydrogen) atoms. The molecule has 1 saturated heterocycles. The fraction of sp³-hybridized carbons (Fsp3) is 0.286. The maximum atomic E-state index is 13.4. The highest BCUT2D eigenvalue weighted by molar-refractivity contribution is 6.30. The van der Waals surface area contributed by atoms with Crippen molar-refractivity contribution in [1.82, 2.24) is 14.7 Å². The second-order valence-corrected chi connectivity index (χ2v) is 9.25. The molecule has 0 unspecified atom stereocenters. The van der Waals surface area contributed by atoms with Crippen LogP contribution in [0.15, 0.2) is 72.8 Å². The molecule has 3 aromatic rings. The monoisotopic (exact) mass is 493 g/mol. The summed E-state index contributed by atoms with van der Waals surface area (Å²) in [4.78, 5) is 32.1. The molecule has 1 fully saturated rings. The van der Waals surface area contributed by atoms with E-state index in [0.717, 1.165) is 29.8 Å². The van der Waals surface area contributed by atoms with Crippen molar-refractivity contribution in [1.29, 1.82) is 0 Å². The number of hydrogen-bond acceptors (Lipinski definition) is 3. The molecule has 5 nitrogen and oxygen atoms in total. The van der Waals surface area contributed by atoms with Gasteiger partial charge in [0.25, 0.3) is 11.8 Å². The number of nitrogens with zero attached hydrogens (tertiary/aromatic N) is 3. The van der Waals surface area contributed by atoms with Crippen LogP contribution in [0.25, 0.3) is 0 Å². The average molecular weight is 494 g/mol. The number of piperazine rings is 1. The minimum Gasteiger partial charge on any atom is -0.336 e. The number of benzene rings is 3. The Kier molecular flexibility index (Phi) is 8.16. The third-order valence-electron chi connectivity index (χ3n) is 6.37. The Bertz CT molecular complexity index is 1180. The number of carbonyl (C=O) groups excluding carboxylic acids is 2. The molecule has 4 rings (SSSR count). The summed E-state index contributed by atoms with van der Waals surface area (Å²) in [5, 5.41) is 0.507. The smallest absolute Gasteiger partial charge is 0.254 e. The molecule has 1 heterocycles. The van der Waals surface area contributed by atoms with E-state index in [1.807, 2.05) is 36.1 Å². The zero-order chi connectivity index (χ0) is 24.8. The van der Waals surface area contributed by atoms with E-state index in [1.54, 1.807) is 41.3 Å². The molecule has 0 aromatic heterocycles. The van der Waals surface area contributed by atoms with Crippen LogP contribution in [0.2, 0.25) is 5.02 Å². The Hall–Kier alpha value is -3.22. The molecule has 0 aliphatic carbocycles. The summed E-state index contributed by atoms with van der Waals surface area (Å²) in [6, 6.07) is 20.8. The van der Waals surface area contributed by atoms with Crippen LogP contribution in [0, 0.1) is 12.7 Å². The molecule has 0 N–H and O–H groups in total. The van der Waals surface area contributed by atoms with Crippen LogP contribution in [0.3, 0.4) is 0 Å². The van der Waals surface area contributed by atoms with Gasteiger partial charge in [-0.3, -0.25) is 14.5 Å². The number of halogens is 2. The minimum atomic E-state index is -0.306. The van der Waals surface area contributed by atoms with Crippen molar-refractivity contribution in [2.75, 3.05) is 39.3 Å². The van der Waals surface area contributed by atoms with E-state index in [0.29, 0.717) is 43.3 Å². The van der Waals surface area contributed by atoms with Crippen molar-refractivity contribution in [3.8, 4) is 0 Å². The maximum Gasteiger partial charge on any atom is 0.254 e. The van der Waals surface area contributed by atoms with Gasteiger partial charge in [0, 0.05) is 62.0 Å². The molecule has 3 aromatic carbocycles. The molecule has 0 saturated carbocycles. The van der Waals surface area contributed by atoms with E-state index in [9.17, 15) is 14.0 Å². The molecule has 0 atom stereocenters. The van der Waals surface area contributed by atoms with E-state index in [2.05, 4.69) is 4.90 Å². The van der Waals surface area contributed by atoms with Crippen molar-refractivity contribution in [3.05, 3.63) is 106 Å². The van der Waals surface area contributed by atoms with E-state index in [1.165, 1.54) is 12.1 Å². The SMILES string of the molecule is Cc1ccccc1C(=O)N1CCN(CCN(Cc2ccc(F)cc2)C(=O)c2cccc(Cl)c2)CC1. The molecule has 0 spiro atoms. The Morgan fingerprint density at radius 1 is 0.943 bits per heavy atom. The third kappa shape index (κ3) is 6.47. The van der Waals surface area contributed by atoms with Crippen LogP contribution in [0.1, 0.15) is 31.8 Å². The Balaban J connectivity index is 1.38. The molecule has 0 radical (unpaired) electrons. The van der Waals surface area contributed by atoms with Crippen molar-refractivity contribution < 1.29 is 14.0 Å². The largest absolute Gasteiger partial charge is 0.336 e. The highest BCUT2D eigenvalue weighted by atomic mass is 35.5. The molecule has 7 heteroatoms. The van der Waals surface area contributed by atoms with E-state index in [4.69, 9.17) is 11.6 Å². The van der Waals surface area contributed by atoms with Gasteiger partial charge in [0.1, 0.15) is 5.82 Å². The zero-order valence-electron chi connectivity index (χ0n) is 19.8. The molecule has 1 aliphatic rings. The van der Waals surface area contributed by atoms with E-state index in [-0.39, 0.29) is 17.6 Å². The molecular weight excluding hydrogens is 465 g/mol. The third-order valence-corrected chi connectivity index (χ3v) is 6.60. The quantitative estimate of drug-likeness (QED) is 0.471. The van der Waals surface area contributed by atoms with Crippen LogP contribution >= 0.6 is 11.6 Å². The predicted octanol–water partition coefficient (Wildman–Crippen LogP) is 4.89. The van der Waals surface area contributed by atoms with Gasteiger partial charge in [0.05, 0.1) is 0 Å². The normalized spacial score (nSPS) is 14.1. The molecular formula is C28H29ClFN3O2. The second-order valence-electron chi connectivity index (χ2n) is 8.81. The van der Waals surface area contributed by atoms with Gasteiger partial charge < -0.3 is 9.80 Å². The first kappa shape index (κ1) is 24.9. The summed E-state index contributed by atoms with van der Waals surface area (Å²) >= 11 is 6.11. The van der Waals surface area contributed by atoms with Crippen molar-refractivity contribution >= 4 is 23.4 Å². The number of hydrogen-bond donors (Lipinski definition) is 0. The molecule has 1 aliphatic heterocycles. The lowest BCUT2D eigenvalue weighted by Gasteiger charge is -2.36. The average Bonchev–Trinajstić information content (AvgIpc) is 2.87. The van der Waals surface area contributed by atoms with Crippen LogP contribution < -0.4 is 0 Å². The lowest BCUT2D eigenvalue weighted by Crippen LogP contribution is -2.50. The Morgan fingerprint density at radius 3 is 2.34 bits per heavy atom. The van der Waals surface area contributed by atoms with Gasteiger partial charge in [-0.15, -0.1) is 0 Å². The highest BCUT2D eigenvalue weighted by Crippen LogP contribution is 2.16. The Labute approximate surface area is 210 Å². The van der Waals surface area contributed by atoms with Crippen LogP contribution in [0.5, 0.6) is 0 Å². The van der Waals surface area contributed by atoms with Gasteiger partial charge >= 0.3 is 0 Å². The van der Waals surface area contributed by atoms with Crippen LogP contribution in [0.4, 0.5) is 4.39 Å². The van der Waals surface area contributed by atoms with Gasteiger partial charge in [-0.1, -0.05) is 48.0 Å². The van der Waals surface area contributed by atoms with Crippen molar-refractivity contribution in [2.24, 2.45) is 0 Å². The first-order chi connectivity index (χ1) is 16.9. The summed E-state index contributed by atoms with van der Waals surface area (Å²) in [6.07, 6.45) is 0. The summed E-state index contributed by atoms with van der Waals surface area (Å²) in [7, 11) is 0. The minimum absolute atomic E-state index is 0.0665. The van der Waals surface area contributed by atoms with Gasteiger partial charge in [0.15, 0.2) is 0 Å². The number of carbonyl (C=O) groups is 2. The molecule has 2 amide bonds. The summed E-state index contributed by atoms with van der Waals surface area (Å²) < 4.78 is 13.4. The summed E-state index contributed by atoms with van der Waals surface area (Å²) in [5.74, 6) is -0.360. The lowest BCUT2D eigenvalue weighted by atomic mass is 10.1. The topological polar surface area (TPSA) is 43.9 Å². The van der Waals surface area contributed by atoms with E-state index < -0.39 is 0 Å². The van der Waals surface area contributed by atoms with Gasteiger partial charge in [-0.2, -0.15) is 0 Å². The molecule has 182 valence electrons. The van der Waals surface area contributed by atoms with Crippen molar-refractivity contribution in [3.63, 3.8) is 0 Å².